The molecule has 0 fully saturated rings. The van der Waals surface area contributed by atoms with Crippen LogP contribution in [-0.4, -0.2) is 36.7 Å². The van der Waals surface area contributed by atoms with Crippen LogP contribution in [0.3, 0.4) is 0 Å². The number of carbonyl (C=O) groups is 1. The quantitative estimate of drug-likeness (QED) is 0.164. The first-order valence-electron chi connectivity index (χ1n) is 19.5. The number of carbonyl (C=O) groups excluding carboxylic acids is 1. The number of rotatable bonds is 5. The zero-order chi connectivity index (χ0) is 39.1. The summed E-state index contributed by atoms with van der Waals surface area (Å²) in [5.41, 5.74) is 9.72. The van der Waals surface area contributed by atoms with Crippen molar-refractivity contribution in [1.29, 1.82) is 0 Å². The number of aryl methyl sites for hydroxylation is 2. The maximum absolute atomic E-state index is 12.6. The molecular weight excluding hydrogens is 715 g/mol. The number of allylic oxidation sites excluding steroid dienone is 2. The van der Waals surface area contributed by atoms with Crippen molar-refractivity contribution >= 4 is 82.4 Å². The highest BCUT2D eigenvalue weighted by atomic mass is 16.7. The molecule has 0 radical (unpaired) electrons. The standard InChI is InChI=1S/C51H37N5O2/c1-31(57)58-56-28-14-27-36(32-15-12-17-34(29-32)50-52-45-41-23-8-4-19-37(41)39-21-6-10-25-43(39)48(45)54(50)2)47(56)33-16-13-18-35(30-33)51-53-46-42-24-9-5-20-38(42)40-22-7-11-26-44(40)49(46)55(51)3/h4-27,29-30H,28H2,1-3H3. The van der Waals surface area contributed by atoms with Crippen molar-refractivity contribution in [2.24, 2.45) is 14.1 Å². The highest BCUT2D eigenvalue weighted by Crippen LogP contribution is 2.41. The van der Waals surface area contributed by atoms with Crippen LogP contribution in [0.4, 0.5) is 0 Å². The number of hydroxylamine groups is 2. The summed E-state index contributed by atoms with van der Waals surface area (Å²) in [4.78, 5) is 29.2. The summed E-state index contributed by atoms with van der Waals surface area (Å²) in [6.45, 7) is 1.86. The van der Waals surface area contributed by atoms with Gasteiger partial charge in [0.2, 0.25) is 0 Å². The molecule has 0 N–H and O–H groups in total. The van der Waals surface area contributed by atoms with Gasteiger partial charge in [0, 0.05) is 64.8 Å². The maximum atomic E-state index is 12.6. The van der Waals surface area contributed by atoms with Crippen LogP contribution in [0.25, 0.3) is 99.2 Å². The van der Waals surface area contributed by atoms with E-state index in [4.69, 9.17) is 14.8 Å². The van der Waals surface area contributed by atoms with Gasteiger partial charge in [-0.05, 0) is 39.2 Å². The largest absolute Gasteiger partial charge is 0.341 e. The van der Waals surface area contributed by atoms with Gasteiger partial charge in [-0.1, -0.05) is 146 Å². The Hall–Kier alpha value is -7.51. The SMILES string of the molecule is CC(=O)ON1CC=CC(c2cccc(-c3nc4c5ccccc5c5ccccc5c4n3C)c2)=C1c1cccc(-c2nc3c4ccccc4c4ccccc4c3n2C)c1. The highest BCUT2D eigenvalue weighted by molar-refractivity contribution is 6.25. The Morgan fingerprint density at radius 1 is 0.517 bits per heavy atom. The minimum absolute atomic E-state index is 0.384. The second-order valence-electron chi connectivity index (χ2n) is 15.0. The van der Waals surface area contributed by atoms with Crippen LogP contribution < -0.4 is 0 Å². The average Bonchev–Trinajstić information content (AvgIpc) is 3.81. The van der Waals surface area contributed by atoms with E-state index in [1.54, 1.807) is 5.06 Å². The van der Waals surface area contributed by atoms with Crippen LogP contribution in [0.5, 0.6) is 0 Å². The van der Waals surface area contributed by atoms with E-state index < -0.39 is 0 Å². The minimum Gasteiger partial charge on any atom is -0.341 e. The molecule has 8 aromatic carbocycles. The van der Waals surface area contributed by atoms with Crippen molar-refractivity contribution < 1.29 is 9.63 Å². The van der Waals surface area contributed by atoms with E-state index in [1.165, 1.54) is 39.2 Å². The van der Waals surface area contributed by atoms with Gasteiger partial charge in [0.1, 0.15) is 11.6 Å². The van der Waals surface area contributed by atoms with Crippen LogP contribution in [0.1, 0.15) is 18.1 Å². The highest BCUT2D eigenvalue weighted by Gasteiger charge is 2.25. The first-order chi connectivity index (χ1) is 28.4. The molecule has 0 saturated heterocycles. The van der Waals surface area contributed by atoms with E-state index in [0.29, 0.717) is 6.54 Å². The zero-order valence-corrected chi connectivity index (χ0v) is 32.3. The lowest BCUT2D eigenvalue weighted by molar-refractivity contribution is -0.170. The van der Waals surface area contributed by atoms with Crippen LogP contribution >= 0.6 is 0 Å². The Bertz CT molecular complexity index is 3420. The number of benzene rings is 8. The van der Waals surface area contributed by atoms with Gasteiger partial charge in [0.25, 0.3) is 0 Å². The minimum atomic E-state index is -0.384. The summed E-state index contributed by atoms with van der Waals surface area (Å²) in [6, 6.07) is 51.0. The molecule has 0 atom stereocenters. The smallest absolute Gasteiger partial charge is 0.329 e. The van der Waals surface area contributed by atoms with E-state index in [9.17, 15) is 4.79 Å². The molecule has 11 rings (SSSR count). The van der Waals surface area contributed by atoms with Crippen LogP contribution in [0.15, 0.2) is 158 Å². The van der Waals surface area contributed by atoms with E-state index in [0.717, 1.165) is 78.0 Å². The van der Waals surface area contributed by atoms with Gasteiger partial charge in [-0.15, -0.1) is 0 Å². The molecule has 7 heteroatoms. The molecule has 0 saturated carbocycles. The fourth-order valence-corrected chi connectivity index (χ4v) is 9.18. The first-order valence-corrected chi connectivity index (χ1v) is 19.5. The van der Waals surface area contributed by atoms with Gasteiger partial charge in [-0.25, -0.2) is 15.0 Å². The summed E-state index contributed by atoms with van der Waals surface area (Å²) in [5.74, 6) is 1.35. The van der Waals surface area contributed by atoms with Crippen LogP contribution in [0.2, 0.25) is 0 Å². The molecule has 0 spiro atoms. The number of nitrogens with zero attached hydrogens (tertiary/aromatic N) is 5. The maximum Gasteiger partial charge on any atom is 0.329 e. The fraction of sp³-hybridized carbons (Fsp3) is 0.0784. The molecule has 0 unspecified atom stereocenters. The third kappa shape index (κ3) is 5.10. The van der Waals surface area contributed by atoms with Crippen molar-refractivity contribution in [2.45, 2.75) is 6.92 Å². The summed E-state index contributed by atoms with van der Waals surface area (Å²) in [5, 5.41) is 11.1. The predicted octanol–water partition coefficient (Wildman–Crippen LogP) is 11.6. The lowest BCUT2D eigenvalue weighted by atomic mass is 9.94. The monoisotopic (exact) mass is 751 g/mol. The molecule has 10 aromatic rings. The normalized spacial score (nSPS) is 13.3. The second-order valence-corrected chi connectivity index (χ2v) is 15.0. The molecule has 0 amide bonds. The number of aromatic nitrogens is 4. The second kappa shape index (κ2) is 13.0. The van der Waals surface area contributed by atoms with E-state index in [-0.39, 0.29) is 5.97 Å². The summed E-state index contributed by atoms with van der Waals surface area (Å²) >= 11 is 0. The molecule has 0 aliphatic carbocycles. The molecule has 1 aliphatic rings. The van der Waals surface area contributed by atoms with Crippen molar-refractivity contribution in [3.05, 3.63) is 169 Å². The fourth-order valence-electron chi connectivity index (χ4n) is 9.18. The summed E-state index contributed by atoms with van der Waals surface area (Å²) in [6.07, 6.45) is 4.16. The zero-order valence-electron chi connectivity index (χ0n) is 32.3. The van der Waals surface area contributed by atoms with Crippen molar-refractivity contribution in [2.75, 3.05) is 6.54 Å². The van der Waals surface area contributed by atoms with Crippen LogP contribution in [-0.2, 0) is 23.7 Å². The Labute approximate surface area is 334 Å². The number of hydrogen-bond donors (Lipinski definition) is 0. The Kier molecular flexibility index (Phi) is 7.59. The van der Waals surface area contributed by atoms with Gasteiger partial charge < -0.3 is 14.0 Å². The van der Waals surface area contributed by atoms with Crippen molar-refractivity contribution in [3.63, 3.8) is 0 Å². The van der Waals surface area contributed by atoms with Crippen LogP contribution in [0, 0.1) is 0 Å². The Morgan fingerprint density at radius 2 is 0.931 bits per heavy atom. The first kappa shape index (κ1) is 33.8. The number of fused-ring (bicyclic) bond motifs is 12. The lowest BCUT2D eigenvalue weighted by Gasteiger charge is -2.29. The van der Waals surface area contributed by atoms with Gasteiger partial charge in [-0.2, -0.15) is 0 Å². The lowest BCUT2D eigenvalue weighted by Crippen LogP contribution is -2.28. The van der Waals surface area contributed by atoms with E-state index >= 15 is 0 Å². The summed E-state index contributed by atoms with van der Waals surface area (Å²) in [7, 11) is 4.19. The molecular formula is C51H37N5O2. The Balaban J connectivity index is 1.09. The molecule has 7 nitrogen and oxygen atoms in total. The predicted molar refractivity (Wildman–Crippen MR) is 237 cm³/mol. The van der Waals surface area contributed by atoms with Gasteiger partial charge in [0.15, 0.2) is 0 Å². The molecule has 58 heavy (non-hydrogen) atoms. The van der Waals surface area contributed by atoms with Crippen molar-refractivity contribution in [1.82, 2.24) is 24.2 Å². The van der Waals surface area contributed by atoms with E-state index in [1.807, 2.05) is 6.08 Å². The van der Waals surface area contributed by atoms with Gasteiger partial charge in [0.05, 0.1) is 34.3 Å². The van der Waals surface area contributed by atoms with Crippen molar-refractivity contribution in [3.8, 4) is 22.8 Å². The third-order valence-electron chi connectivity index (χ3n) is 11.6. The molecule has 278 valence electrons. The molecule has 1 aliphatic heterocycles. The molecule has 3 heterocycles. The molecule has 0 bridgehead atoms. The van der Waals surface area contributed by atoms with E-state index in [2.05, 4.69) is 175 Å². The van der Waals surface area contributed by atoms with Gasteiger partial charge in [-0.3, -0.25) is 4.79 Å². The van der Waals surface area contributed by atoms with Gasteiger partial charge >= 0.3 is 5.97 Å². The average molecular weight is 752 g/mol. The Morgan fingerprint density at radius 3 is 1.43 bits per heavy atom. The number of imidazole rings is 2. The number of hydrogen-bond acceptors (Lipinski definition) is 5. The molecule has 2 aromatic heterocycles. The summed E-state index contributed by atoms with van der Waals surface area (Å²) < 4.78 is 4.42. The third-order valence-corrected chi connectivity index (χ3v) is 11.6. The topological polar surface area (TPSA) is 65.2 Å².